The first kappa shape index (κ1) is 11.2. The summed E-state index contributed by atoms with van der Waals surface area (Å²) in [4.78, 5) is 2.02. The molecule has 1 heterocycles. The molecule has 1 saturated heterocycles. The molecular formula is C12H17FN2O. The molecule has 3 nitrogen and oxygen atoms in total. The van der Waals surface area contributed by atoms with Crippen molar-refractivity contribution in [1.82, 2.24) is 0 Å². The second kappa shape index (κ2) is 4.70. The van der Waals surface area contributed by atoms with Crippen LogP contribution in [-0.2, 0) is 4.74 Å². The van der Waals surface area contributed by atoms with E-state index in [4.69, 9.17) is 10.5 Å². The number of ether oxygens (including phenoxy) is 1. The summed E-state index contributed by atoms with van der Waals surface area (Å²) in [7, 11) is 1.70. The molecular weight excluding hydrogens is 207 g/mol. The van der Waals surface area contributed by atoms with Crippen LogP contribution in [-0.4, -0.2) is 26.3 Å². The number of halogens is 1. The van der Waals surface area contributed by atoms with Crippen LogP contribution in [0.25, 0.3) is 0 Å². The van der Waals surface area contributed by atoms with Gasteiger partial charge in [-0.1, -0.05) is 0 Å². The summed E-state index contributed by atoms with van der Waals surface area (Å²) in [6.45, 7) is 1.62. The van der Waals surface area contributed by atoms with Gasteiger partial charge in [0.05, 0.1) is 11.8 Å². The molecule has 0 aromatic heterocycles. The van der Waals surface area contributed by atoms with Gasteiger partial charge in [-0.2, -0.15) is 0 Å². The summed E-state index contributed by atoms with van der Waals surface area (Å²) in [5.74, 6) is -0.253. The highest BCUT2D eigenvalue weighted by atomic mass is 19.1. The first-order valence-electron chi connectivity index (χ1n) is 5.53. The zero-order valence-corrected chi connectivity index (χ0v) is 9.45. The number of nitrogens with two attached hydrogens (primary N) is 1. The summed E-state index contributed by atoms with van der Waals surface area (Å²) >= 11 is 0. The van der Waals surface area contributed by atoms with Gasteiger partial charge >= 0.3 is 0 Å². The molecule has 0 bridgehead atoms. The van der Waals surface area contributed by atoms with Crippen molar-refractivity contribution in [2.75, 3.05) is 30.8 Å². The summed E-state index contributed by atoms with van der Waals surface area (Å²) in [6.07, 6.45) is 2.28. The minimum Gasteiger partial charge on any atom is -0.399 e. The first-order chi connectivity index (χ1) is 7.70. The summed E-state index contributed by atoms with van der Waals surface area (Å²) in [6, 6.07) is 4.84. The largest absolute Gasteiger partial charge is 0.399 e. The number of nitrogens with zero attached hydrogens (tertiary/aromatic N) is 1. The van der Waals surface area contributed by atoms with Crippen LogP contribution in [0, 0.1) is 5.82 Å². The van der Waals surface area contributed by atoms with E-state index in [1.54, 1.807) is 19.2 Å². The molecule has 1 atom stereocenters. The number of piperidine rings is 1. The van der Waals surface area contributed by atoms with Crippen LogP contribution in [0.4, 0.5) is 15.8 Å². The number of anilines is 2. The minimum atomic E-state index is -0.253. The number of methoxy groups -OCH3 is 1. The van der Waals surface area contributed by atoms with Crippen molar-refractivity contribution in [2.24, 2.45) is 0 Å². The van der Waals surface area contributed by atoms with Gasteiger partial charge in [-0.05, 0) is 31.0 Å². The lowest BCUT2D eigenvalue weighted by atomic mass is 10.1. The predicted molar refractivity (Wildman–Crippen MR) is 63.1 cm³/mol. The fourth-order valence-electron chi connectivity index (χ4n) is 2.13. The molecule has 4 heteroatoms. The Kier molecular flexibility index (Phi) is 3.29. The number of hydrogen-bond donors (Lipinski definition) is 1. The summed E-state index contributed by atoms with van der Waals surface area (Å²) in [5.41, 5.74) is 6.61. The van der Waals surface area contributed by atoms with E-state index in [2.05, 4.69) is 0 Å². The first-order valence-corrected chi connectivity index (χ1v) is 5.53. The lowest BCUT2D eigenvalue weighted by Crippen LogP contribution is -2.39. The Morgan fingerprint density at radius 2 is 2.31 bits per heavy atom. The number of benzene rings is 1. The normalized spacial score (nSPS) is 21.1. The number of rotatable bonds is 2. The van der Waals surface area contributed by atoms with Crippen molar-refractivity contribution < 1.29 is 9.13 Å². The van der Waals surface area contributed by atoms with Crippen molar-refractivity contribution in [1.29, 1.82) is 0 Å². The fraction of sp³-hybridized carbons (Fsp3) is 0.500. The maximum absolute atomic E-state index is 13.7. The smallest absolute Gasteiger partial charge is 0.148 e. The molecule has 2 rings (SSSR count). The topological polar surface area (TPSA) is 38.5 Å². The molecule has 0 spiro atoms. The van der Waals surface area contributed by atoms with Gasteiger partial charge in [-0.15, -0.1) is 0 Å². The molecule has 1 aliphatic rings. The van der Waals surface area contributed by atoms with E-state index in [0.29, 0.717) is 11.4 Å². The van der Waals surface area contributed by atoms with Crippen LogP contribution in [0.5, 0.6) is 0 Å². The number of nitrogen functional groups attached to an aromatic ring is 1. The Bertz CT molecular complexity index is 370. The van der Waals surface area contributed by atoms with Gasteiger partial charge < -0.3 is 15.4 Å². The van der Waals surface area contributed by atoms with Crippen molar-refractivity contribution in [3.05, 3.63) is 24.0 Å². The molecule has 0 radical (unpaired) electrons. The third kappa shape index (κ3) is 2.27. The highest BCUT2D eigenvalue weighted by molar-refractivity contribution is 5.54. The van der Waals surface area contributed by atoms with Crippen LogP contribution < -0.4 is 10.6 Å². The molecule has 0 aliphatic carbocycles. The Hall–Kier alpha value is -1.29. The maximum atomic E-state index is 13.7. The van der Waals surface area contributed by atoms with Gasteiger partial charge in [0.25, 0.3) is 0 Å². The van der Waals surface area contributed by atoms with Gasteiger partial charge in [0.1, 0.15) is 5.82 Å². The average Bonchev–Trinajstić information content (AvgIpc) is 2.29. The highest BCUT2D eigenvalue weighted by Gasteiger charge is 2.21. The number of hydrogen-bond acceptors (Lipinski definition) is 3. The fourth-order valence-corrected chi connectivity index (χ4v) is 2.13. The monoisotopic (exact) mass is 224 g/mol. The van der Waals surface area contributed by atoms with Crippen LogP contribution in [0.15, 0.2) is 18.2 Å². The van der Waals surface area contributed by atoms with Crippen LogP contribution in [0.2, 0.25) is 0 Å². The second-order valence-corrected chi connectivity index (χ2v) is 4.16. The Balaban J connectivity index is 2.16. The Morgan fingerprint density at radius 3 is 3.00 bits per heavy atom. The molecule has 0 saturated carbocycles. The van der Waals surface area contributed by atoms with E-state index in [1.807, 2.05) is 4.90 Å². The average molecular weight is 224 g/mol. The van der Waals surface area contributed by atoms with Crippen LogP contribution in [0.1, 0.15) is 12.8 Å². The SMILES string of the molecule is COC1CCCN(c2ccc(N)cc2F)C1. The van der Waals surface area contributed by atoms with E-state index >= 15 is 0 Å². The van der Waals surface area contributed by atoms with E-state index in [-0.39, 0.29) is 11.9 Å². The zero-order valence-electron chi connectivity index (χ0n) is 9.45. The van der Waals surface area contributed by atoms with Crippen LogP contribution >= 0.6 is 0 Å². The van der Waals surface area contributed by atoms with E-state index in [1.165, 1.54) is 6.07 Å². The summed E-state index contributed by atoms with van der Waals surface area (Å²) < 4.78 is 19.0. The molecule has 0 amide bonds. The molecule has 2 N–H and O–H groups in total. The Morgan fingerprint density at radius 1 is 1.50 bits per heavy atom. The van der Waals surface area contributed by atoms with E-state index in [9.17, 15) is 4.39 Å². The maximum Gasteiger partial charge on any atom is 0.148 e. The second-order valence-electron chi connectivity index (χ2n) is 4.16. The van der Waals surface area contributed by atoms with E-state index in [0.717, 1.165) is 25.9 Å². The molecule has 1 fully saturated rings. The molecule has 1 unspecified atom stereocenters. The van der Waals surface area contributed by atoms with Crippen molar-refractivity contribution >= 4 is 11.4 Å². The highest BCUT2D eigenvalue weighted by Crippen LogP contribution is 2.25. The molecule has 88 valence electrons. The quantitative estimate of drug-likeness (QED) is 0.781. The van der Waals surface area contributed by atoms with Gasteiger partial charge in [0.15, 0.2) is 0 Å². The summed E-state index contributed by atoms with van der Waals surface area (Å²) in [5, 5.41) is 0. The lowest BCUT2D eigenvalue weighted by Gasteiger charge is -2.33. The van der Waals surface area contributed by atoms with Crippen LogP contribution in [0.3, 0.4) is 0 Å². The standard InChI is InChI=1S/C12H17FN2O/c1-16-10-3-2-6-15(8-10)12-5-4-9(14)7-11(12)13/h4-5,7,10H,2-3,6,8,14H2,1H3. The van der Waals surface area contributed by atoms with Gasteiger partial charge in [0, 0.05) is 25.9 Å². The minimum absolute atomic E-state index is 0.200. The van der Waals surface area contributed by atoms with Gasteiger partial charge in [-0.25, -0.2) is 4.39 Å². The zero-order chi connectivity index (χ0) is 11.5. The van der Waals surface area contributed by atoms with Crippen molar-refractivity contribution in [3.63, 3.8) is 0 Å². The van der Waals surface area contributed by atoms with Crippen molar-refractivity contribution in [2.45, 2.75) is 18.9 Å². The van der Waals surface area contributed by atoms with Gasteiger partial charge in [-0.3, -0.25) is 0 Å². The predicted octanol–water partition coefficient (Wildman–Crippen LogP) is 2.02. The third-order valence-corrected chi connectivity index (χ3v) is 3.02. The molecule has 1 aliphatic heterocycles. The molecule has 16 heavy (non-hydrogen) atoms. The van der Waals surface area contributed by atoms with Gasteiger partial charge in [0.2, 0.25) is 0 Å². The Labute approximate surface area is 95.0 Å². The van der Waals surface area contributed by atoms with Crippen molar-refractivity contribution in [3.8, 4) is 0 Å². The third-order valence-electron chi connectivity index (χ3n) is 3.02. The molecule has 1 aromatic rings. The lowest BCUT2D eigenvalue weighted by molar-refractivity contribution is 0.0892. The molecule has 1 aromatic carbocycles. The van der Waals surface area contributed by atoms with E-state index < -0.39 is 0 Å².